The van der Waals surface area contributed by atoms with Crippen LogP contribution in [0.5, 0.6) is 0 Å². The molecule has 0 unspecified atom stereocenters. The minimum absolute atomic E-state index is 0.133. The minimum atomic E-state index is -0.548. The maximum absolute atomic E-state index is 13.5. The molecule has 0 aromatic heterocycles. The average molecular weight is 528 g/mol. The maximum Gasteiger partial charge on any atom is 0.407 e. The second-order valence-corrected chi connectivity index (χ2v) is 12.7. The van der Waals surface area contributed by atoms with Crippen molar-refractivity contribution in [3.8, 4) is 0 Å². The molecular formula is C32H49NO5. The highest BCUT2D eigenvalue weighted by Gasteiger charge is 2.39. The third-order valence-electron chi connectivity index (χ3n) is 8.43. The van der Waals surface area contributed by atoms with Gasteiger partial charge in [0.25, 0.3) is 0 Å². The molecule has 1 aromatic rings. The zero-order valence-electron chi connectivity index (χ0n) is 24.1. The molecule has 0 heterocycles. The topological polar surface area (TPSA) is 81.7 Å². The zero-order chi connectivity index (χ0) is 27.6. The van der Waals surface area contributed by atoms with E-state index in [-0.39, 0.29) is 34.9 Å². The van der Waals surface area contributed by atoms with E-state index in [1.54, 1.807) is 0 Å². The highest BCUT2D eigenvalue weighted by atomic mass is 16.6. The summed E-state index contributed by atoms with van der Waals surface area (Å²) in [5.74, 6) is 0.357. The van der Waals surface area contributed by atoms with Gasteiger partial charge in [-0.15, -0.1) is 0 Å². The number of alkyl carbamates (subject to hydrolysis) is 1. The molecule has 212 valence electrons. The van der Waals surface area contributed by atoms with Gasteiger partial charge < -0.3 is 14.8 Å². The minimum Gasteiger partial charge on any atom is -0.461 e. The Morgan fingerprint density at radius 2 is 1.68 bits per heavy atom. The molecule has 0 spiro atoms. The Bertz CT molecular complexity index is 900. The predicted octanol–water partition coefficient (Wildman–Crippen LogP) is 7.39. The molecule has 1 amide bonds. The summed E-state index contributed by atoms with van der Waals surface area (Å²) in [4.78, 5) is 39.0. The van der Waals surface area contributed by atoms with E-state index in [9.17, 15) is 14.4 Å². The molecule has 3 atom stereocenters. The van der Waals surface area contributed by atoms with E-state index < -0.39 is 11.7 Å². The summed E-state index contributed by atoms with van der Waals surface area (Å²) in [6.07, 6.45) is 10.7. The molecule has 0 saturated heterocycles. The van der Waals surface area contributed by atoms with Gasteiger partial charge in [0, 0.05) is 19.4 Å². The van der Waals surface area contributed by atoms with Gasteiger partial charge in [-0.25, -0.2) is 4.79 Å². The number of rotatable bonds is 11. The van der Waals surface area contributed by atoms with Crippen molar-refractivity contribution in [3.63, 3.8) is 0 Å². The smallest absolute Gasteiger partial charge is 0.407 e. The predicted molar refractivity (Wildman–Crippen MR) is 149 cm³/mol. The summed E-state index contributed by atoms with van der Waals surface area (Å²) in [5.41, 5.74) is 0.243. The van der Waals surface area contributed by atoms with Crippen molar-refractivity contribution < 1.29 is 23.9 Å². The molecule has 0 radical (unpaired) electrons. The van der Waals surface area contributed by atoms with Gasteiger partial charge >= 0.3 is 12.1 Å². The first kappa shape index (κ1) is 30.2. The van der Waals surface area contributed by atoms with Crippen molar-refractivity contribution >= 4 is 17.8 Å². The van der Waals surface area contributed by atoms with Crippen molar-refractivity contribution in [2.45, 2.75) is 117 Å². The lowest BCUT2D eigenvalue weighted by Gasteiger charge is -2.39. The number of esters is 1. The molecule has 2 fully saturated rings. The molecule has 1 aromatic carbocycles. The lowest BCUT2D eigenvalue weighted by molar-refractivity contribution is -0.154. The quantitative estimate of drug-likeness (QED) is 0.304. The van der Waals surface area contributed by atoms with Gasteiger partial charge in [0.1, 0.15) is 18.0 Å². The van der Waals surface area contributed by atoms with Crippen LogP contribution in [0.4, 0.5) is 4.79 Å². The van der Waals surface area contributed by atoms with Gasteiger partial charge in [-0.3, -0.25) is 9.59 Å². The fraction of sp³-hybridized carbons (Fsp3) is 0.719. The van der Waals surface area contributed by atoms with E-state index in [0.717, 1.165) is 63.4 Å². The number of ketones is 1. The number of nitrogens with one attached hydrogen (secondary N) is 1. The Kier molecular flexibility index (Phi) is 11.2. The molecule has 2 saturated carbocycles. The van der Waals surface area contributed by atoms with Crippen LogP contribution in [0, 0.1) is 23.2 Å². The van der Waals surface area contributed by atoms with Crippen LogP contribution >= 0.6 is 0 Å². The highest BCUT2D eigenvalue weighted by molar-refractivity contribution is 5.80. The number of benzene rings is 1. The van der Waals surface area contributed by atoms with Crippen LogP contribution in [0.15, 0.2) is 30.3 Å². The first-order chi connectivity index (χ1) is 18.1. The second kappa shape index (κ2) is 14.1. The standard InChI is InChI=1S/C32H49NO5/c1-5-27(29(35)37-22-24-14-8-6-9-15-24)28-17-11-10-16-25(28)20-26(34)21-32(18-12-7-13-19-32)23-33-30(36)38-31(2,3)4/h6,8-9,14-15,25,27-28H,5,7,10-13,16-23H2,1-4H3,(H,33,36)/t25-,27+,28-/m0/s1. The number of ether oxygens (including phenoxy) is 2. The average Bonchev–Trinajstić information content (AvgIpc) is 2.88. The number of Topliss-reactive ketones (excluding diaryl/α,β-unsaturated/α-hetero) is 1. The molecule has 3 rings (SSSR count). The van der Waals surface area contributed by atoms with Crippen molar-refractivity contribution in [2.75, 3.05) is 6.54 Å². The van der Waals surface area contributed by atoms with Gasteiger partial charge in [-0.2, -0.15) is 0 Å². The molecule has 0 bridgehead atoms. The van der Waals surface area contributed by atoms with Crippen molar-refractivity contribution in [3.05, 3.63) is 35.9 Å². The molecule has 0 aliphatic heterocycles. The number of carbonyl (C=O) groups is 3. The van der Waals surface area contributed by atoms with Crippen LogP contribution < -0.4 is 5.32 Å². The van der Waals surface area contributed by atoms with Gasteiger partial charge in [-0.1, -0.05) is 69.4 Å². The first-order valence-electron chi connectivity index (χ1n) is 14.8. The van der Waals surface area contributed by atoms with Gasteiger partial charge in [0.2, 0.25) is 0 Å². The zero-order valence-corrected chi connectivity index (χ0v) is 24.1. The summed E-state index contributed by atoms with van der Waals surface area (Å²) >= 11 is 0. The summed E-state index contributed by atoms with van der Waals surface area (Å²) in [6.45, 7) is 8.39. The molecule has 6 nitrogen and oxygen atoms in total. The van der Waals surface area contributed by atoms with E-state index >= 15 is 0 Å². The van der Waals surface area contributed by atoms with Crippen molar-refractivity contribution in [1.29, 1.82) is 0 Å². The van der Waals surface area contributed by atoms with E-state index in [4.69, 9.17) is 9.47 Å². The first-order valence-corrected chi connectivity index (χ1v) is 14.8. The molecule has 2 aliphatic carbocycles. The Morgan fingerprint density at radius 1 is 1.00 bits per heavy atom. The van der Waals surface area contributed by atoms with E-state index in [2.05, 4.69) is 12.2 Å². The SMILES string of the molecule is CC[C@@H](C(=O)OCc1ccccc1)[C@H]1CCCC[C@H]1CC(=O)CC1(CNC(=O)OC(C)(C)C)CCCCC1. The maximum atomic E-state index is 13.5. The number of hydrogen-bond acceptors (Lipinski definition) is 5. The molecular weight excluding hydrogens is 478 g/mol. The fourth-order valence-corrected chi connectivity index (χ4v) is 6.57. The van der Waals surface area contributed by atoms with Crippen LogP contribution in [0.2, 0.25) is 0 Å². The third-order valence-corrected chi connectivity index (χ3v) is 8.43. The Labute approximate surface area is 229 Å². The Hall–Kier alpha value is -2.37. The number of hydrogen-bond donors (Lipinski definition) is 1. The molecule has 6 heteroatoms. The summed E-state index contributed by atoms with van der Waals surface area (Å²) in [6, 6.07) is 9.79. The van der Waals surface area contributed by atoms with Crippen LogP contribution in [-0.2, 0) is 25.7 Å². The monoisotopic (exact) mass is 527 g/mol. The lowest BCUT2D eigenvalue weighted by Crippen LogP contribution is -2.42. The second-order valence-electron chi connectivity index (χ2n) is 12.7. The fourth-order valence-electron chi connectivity index (χ4n) is 6.57. The van der Waals surface area contributed by atoms with Crippen molar-refractivity contribution in [1.82, 2.24) is 5.32 Å². The highest BCUT2D eigenvalue weighted by Crippen LogP contribution is 2.43. The Balaban J connectivity index is 1.60. The van der Waals surface area contributed by atoms with E-state index in [0.29, 0.717) is 26.0 Å². The van der Waals surface area contributed by atoms with Gasteiger partial charge in [-0.05, 0) is 75.7 Å². The molecule has 2 aliphatic rings. The normalized spacial score (nSPS) is 22.2. The number of amides is 1. The van der Waals surface area contributed by atoms with Gasteiger partial charge in [0.05, 0.1) is 5.92 Å². The van der Waals surface area contributed by atoms with Crippen molar-refractivity contribution in [2.24, 2.45) is 23.2 Å². The van der Waals surface area contributed by atoms with Crippen LogP contribution in [0.3, 0.4) is 0 Å². The van der Waals surface area contributed by atoms with Crippen LogP contribution in [0.25, 0.3) is 0 Å². The van der Waals surface area contributed by atoms with Crippen LogP contribution in [0.1, 0.15) is 110 Å². The van der Waals surface area contributed by atoms with E-state index in [1.165, 1.54) is 6.42 Å². The number of carbonyl (C=O) groups excluding carboxylic acids is 3. The summed E-state index contributed by atoms with van der Waals surface area (Å²) < 4.78 is 11.2. The third kappa shape index (κ3) is 9.43. The molecule has 38 heavy (non-hydrogen) atoms. The van der Waals surface area contributed by atoms with Gasteiger partial charge in [0.15, 0.2) is 0 Å². The van der Waals surface area contributed by atoms with E-state index in [1.807, 2.05) is 51.1 Å². The van der Waals surface area contributed by atoms with Crippen LogP contribution in [-0.4, -0.2) is 30.0 Å². The summed E-state index contributed by atoms with van der Waals surface area (Å²) in [7, 11) is 0. The molecule has 1 N–H and O–H groups in total. The summed E-state index contributed by atoms with van der Waals surface area (Å²) in [5, 5.41) is 2.96. The largest absolute Gasteiger partial charge is 0.461 e. The lowest BCUT2D eigenvalue weighted by atomic mass is 9.67. The Morgan fingerprint density at radius 3 is 2.34 bits per heavy atom.